The van der Waals surface area contributed by atoms with E-state index < -0.39 is 6.10 Å². The third kappa shape index (κ3) is 4.79. The first-order valence-electron chi connectivity index (χ1n) is 8.94. The Hall–Kier alpha value is -3.09. The van der Waals surface area contributed by atoms with Crippen molar-refractivity contribution in [2.75, 3.05) is 28.4 Å². The third-order valence-electron chi connectivity index (χ3n) is 4.24. The number of ether oxygens (including phenoxy) is 5. The molecule has 2 rings (SSSR count). The summed E-state index contributed by atoms with van der Waals surface area (Å²) in [6.07, 6.45) is -0.144. The van der Waals surface area contributed by atoms with E-state index in [-0.39, 0.29) is 12.5 Å². The predicted octanol–water partition coefficient (Wildman–Crippen LogP) is 3.19. The Bertz CT molecular complexity index is 792. The smallest absolute Gasteiger partial charge is 0.261 e. The SMILES string of the molecule is CC[C@H](Oc1ccccc1OC)C(=O)NCc1ccc(OC)c(OC)c1OC. The molecule has 0 aliphatic heterocycles. The summed E-state index contributed by atoms with van der Waals surface area (Å²) in [5, 5.41) is 2.89. The molecule has 0 unspecified atom stereocenters. The van der Waals surface area contributed by atoms with Gasteiger partial charge in [0.25, 0.3) is 5.91 Å². The highest BCUT2D eigenvalue weighted by Crippen LogP contribution is 2.39. The molecule has 0 saturated heterocycles. The van der Waals surface area contributed by atoms with E-state index in [1.807, 2.05) is 25.1 Å². The quantitative estimate of drug-likeness (QED) is 0.673. The second-order valence-corrected chi connectivity index (χ2v) is 5.88. The molecule has 0 saturated carbocycles. The molecule has 0 bridgehead atoms. The fraction of sp³-hybridized carbons (Fsp3) is 0.381. The minimum absolute atomic E-state index is 0.231. The summed E-state index contributed by atoms with van der Waals surface area (Å²) in [5.74, 6) is 2.42. The Morgan fingerprint density at radius 3 is 2.07 bits per heavy atom. The van der Waals surface area contributed by atoms with E-state index in [1.54, 1.807) is 39.5 Å². The van der Waals surface area contributed by atoms with E-state index in [0.29, 0.717) is 35.2 Å². The third-order valence-corrected chi connectivity index (χ3v) is 4.24. The maximum atomic E-state index is 12.7. The molecule has 0 heterocycles. The molecule has 1 amide bonds. The molecule has 0 spiro atoms. The van der Waals surface area contributed by atoms with E-state index in [2.05, 4.69) is 5.32 Å². The van der Waals surface area contributed by atoms with Crippen molar-refractivity contribution in [3.8, 4) is 28.7 Å². The number of nitrogens with one attached hydrogen (secondary N) is 1. The van der Waals surface area contributed by atoms with E-state index in [4.69, 9.17) is 23.7 Å². The molecule has 152 valence electrons. The molecular weight excluding hydrogens is 362 g/mol. The number of rotatable bonds is 10. The van der Waals surface area contributed by atoms with Gasteiger partial charge in [0.1, 0.15) is 0 Å². The topological polar surface area (TPSA) is 75.3 Å². The molecule has 0 aliphatic rings. The van der Waals surface area contributed by atoms with Crippen molar-refractivity contribution in [1.29, 1.82) is 0 Å². The van der Waals surface area contributed by atoms with Crippen molar-refractivity contribution >= 4 is 5.91 Å². The van der Waals surface area contributed by atoms with E-state index >= 15 is 0 Å². The lowest BCUT2D eigenvalue weighted by molar-refractivity contribution is -0.128. The van der Waals surface area contributed by atoms with Crippen LogP contribution in [0.25, 0.3) is 0 Å². The van der Waals surface area contributed by atoms with Crippen molar-refractivity contribution in [2.24, 2.45) is 0 Å². The van der Waals surface area contributed by atoms with E-state index in [1.165, 1.54) is 7.11 Å². The van der Waals surface area contributed by atoms with Gasteiger partial charge in [-0.1, -0.05) is 19.1 Å². The first-order chi connectivity index (χ1) is 13.6. The number of para-hydroxylation sites is 2. The van der Waals surface area contributed by atoms with Crippen LogP contribution in [0.1, 0.15) is 18.9 Å². The van der Waals surface area contributed by atoms with Gasteiger partial charge >= 0.3 is 0 Å². The largest absolute Gasteiger partial charge is 0.493 e. The lowest BCUT2D eigenvalue weighted by atomic mass is 10.1. The van der Waals surface area contributed by atoms with Gasteiger partial charge in [-0.15, -0.1) is 0 Å². The van der Waals surface area contributed by atoms with Crippen LogP contribution in [0, 0.1) is 0 Å². The summed E-state index contributed by atoms with van der Waals surface area (Å²) >= 11 is 0. The van der Waals surface area contributed by atoms with Crippen molar-refractivity contribution in [1.82, 2.24) is 5.32 Å². The van der Waals surface area contributed by atoms with Crippen molar-refractivity contribution < 1.29 is 28.5 Å². The molecule has 0 aliphatic carbocycles. The molecule has 7 nitrogen and oxygen atoms in total. The second kappa shape index (κ2) is 10.3. The number of hydrogen-bond acceptors (Lipinski definition) is 6. The number of benzene rings is 2. The average molecular weight is 389 g/mol. The summed E-state index contributed by atoms with van der Waals surface area (Å²) < 4.78 is 27.2. The van der Waals surface area contributed by atoms with Gasteiger partial charge in [-0.2, -0.15) is 0 Å². The van der Waals surface area contributed by atoms with Gasteiger partial charge in [0, 0.05) is 12.1 Å². The Labute approximate surface area is 165 Å². The Balaban J connectivity index is 2.11. The Morgan fingerprint density at radius 2 is 1.50 bits per heavy atom. The van der Waals surface area contributed by atoms with Crippen LogP contribution in [0.5, 0.6) is 28.7 Å². The van der Waals surface area contributed by atoms with Gasteiger partial charge in [-0.3, -0.25) is 4.79 Å². The zero-order chi connectivity index (χ0) is 20.5. The predicted molar refractivity (Wildman–Crippen MR) is 106 cm³/mol. The Kier molecular flexibility index (Phi) is 7.80. The lowest BCUT2D eigenvalue weighted by Gasteiger charge is -2.20. The average Bonchev–Trinajstić information content (AvgIpc) is 2.74. The number of methoxy groups -OCH3 is 4. The summed E-state index contributed by atoms with van der Waals surface area (Å²) in [4.78, 5) is 12.7. The summed E-state index contributed by atoms with van der Waals surface area (Å²) in [6, 6.07) is 10.8. The molecule has 7 heteroatoms. The molecule has 1 N–H and O–H groups in total. The minimum atomic E-state index is -0.651. The second-order valence-electron chi connectivity index (χ2n) is 5.88. The summed E-state index contributed by atoms with van der Waals surface area (Å²) in [7, 11) is 6.20. The minimum Gasteiger partial charge on any atom is -0.493 e. The zero-order valence-electron chi connectivity index (χ0n) is 16.9. The Morgan fingerprint density at radius 1 is 0.857 bits per heavy atom. The van der Waals surface area contributed by atoms with Crippen LogP contribution in [0.15, 0.2) is 36.4 Å². The molecule has 1 atom stereocenters. The maximum absolute atomic E-state index is 12.7. The number of carbonyl (C=O) groups is 1. The first kappa shape index (κ1) is 21.2. The van der Waals surface area contributed by atoms with Crippen LogP contribution in [-0.2, 0) is 11.3 Å². The normalized spacial score (nSPS) is 11.3. The van der Waals surface area contributed by atoms with Crippen molar-refractivity contribution in [3.05, 3.63) is 42.0 Å². The van der Waals surface area contributed by atoms with Crippen molar-refractivity contribution in [2.45, 2.75) is 26.0 Å². The van der Waals surface area contributed by atoms with Crippen LogP contribution in [0.2, 0.25) is 0 Å². The van der Waals surface area contributed by atoms with Gasteiger partial charge in [-0.05, 0) is 30.7 Å². The van der Waals surface area contributed by atoms with Crippen molar-refractivity contribution in [3.63, 3.8) is 0 Å². The fourth-order valence-corrected chi connectivity index (χ4v) is 2.79. The zero-order valence-corrected chi connectivity index (χ0v) is 16.9. The molecular formula is C21H27NO6. The highest BCUT2D eigenvalue weighted by Gasteiger charge is 2.21. The number of amides is 1. The molecule has 0 aromatic heterocycles. The first-order valence-corrected chi connectivity index (χ1v) is 8.94. The molecule has 0 radical (unpaired) electrons. The standard InChI is InChI=1S/C21H27NO6/c1-6-15(28-17-10-8-7-9-16(17)24-2)21(23)22-13-14-11-12-18(25-3)20(27-5)19(14)26-4/h7-12,15H,6,13H2,1-5H3,(H,22,23)/t15-/m0/s1. The van der Waals surface area contributed by atoms with E-state index in [9.17, 15) is 4.79 Å². The van der Waals surface area contributed by atoms with Crippen LogP contribution in [0.3, 0.4) is 0 Å². The van der Waals surface area contributed by atoms with E-state index in [0.717, 1.165) is 5.56 Å². The lowest BCUT2D eigenvalue weighted by Crippen LogP contribution is -2.37. The number of carbonyl (C=O) groups excluding carboxylic acids is 1. The van der Waals surface area contributed by atoms with Crippen LogP contribution in [0.4, 0.5) is 0 Å². The van der Waals surface area contributed by atoms with Crippen LogP contribution >= 0.6 is 0 Å². The molecule has 0 fully saturated rings. The highest BCUT2D eigenvalue weighted by atomic mass is 16.5. The summed E-state index contributed by atoms with van der Waals surface area (Å²) in [6.45, 7) is 2.14. The van der Waals surface area contributed by atoms with Gasteiger partial charge in [0.05, 0.1) is 28.4 Å². The number of hydrogen-bond donors (Lipinski definition) is 1. The van der Waals surface area contributed by atoms with Crippen LogP contribution in [-0.4, -0.2) is 40.5 Å². The highest BCUT2D eigenvalue weighted by molar-refractivity contribution is 5.81. The fourth-order valence-electron chi connectivity index (χ4n) is 2.79. The van der Waals surface area contributed by atoms with Gasteiger partial charge in [0.2, 0.25) is 5.75 Å². The van der Waals surface area contributed by atoms with Gasteiger partial charge < -0.3 is 29.0 Å². The van der Waals surface area contributed by atoms with Gasteiger partial charge in [0.15, 0.2) is 29.1 Å². The monoisotopic (exact) mass is 389 g/mol. The molecule has 2 aromatic carbocycles. The maximum Gasteiger partial charge on any atom is 0.261 e. The molecule has 28 heavy (non-hydrogen) atoms. The van der Waals surface area contributed by atoms with Crippen LogP contribution < -0.4 is 29.0 Å². The summed E-state index contributed by atoms with van der Waals surface area (Å²) in [5.41, 5.74) is 0.764. The van der Waals surface area contributed by atoms with Gasteiger partial charge in [-0.25, -0.2) is 0 Å². The molecule has 2 aromatic rings.